The molecule has 2 nitrogen and oxygen atoms in total. The van der Waals surface area contributed by atoms with Gasteiger partial charge in [-0.3, -0.25) is 0 Å². The van der Waals surface area contributed by atoms with Crippen molar-refractivity contribution in [2.24, 2.45) is 0 Å². The Kier molecular flexibility index (Phi) is 4.81. The molecule has 0 aromatic rings. The molecule has 0 aromatic heterocycles. The van der Waals surface area contributed by atoms with E-state index in [1.807, 2.05) is 0 Å². The molecule has 1 saturated heterocycles. The number of nitrogens with one attached hydrogen (secondary N) is 1. The Morgan fingerprint density at radius 1 is 1.53 bits per heavy atom. The lowest BCUT2D eigenvalue weighted by molar-refractivity contribution is 0.00112. The third-order valence-electron chi connectivity index (χ3n) is 3.02. The van der Waals surface area contributed by atoms with Gasteiger partial charge >= 0.3 is 0 Å². The first kappa shape index (κ1) is 12.7. The van der Waals surface area contributed by atoms with Gasteiger partial charge in [0.1, 0.15) is 0 Å². The standard InChI is InChI=1S/C13H25NO/c1-5-8-14-12(10-11(2)3)13(4)7-6-9-15-13/h10,12,14H,5-9H2,1-4H3. The van der Waals surface area contributed by atoms with E-state index in [0.717, 1.165) is 19.6 Å². The number of hydrogen-bond acceptors (Lipinski definition) is 2. The van der Waals surface area contributed by atoms with Gasteiger partial charge in [-0.15, -0.1) is 0 Å². The highest BCUT2D eigenvalue weighted by Crippen LogP contribution is 2.29. The first-order chi connectivity index (χ1) is 7.08. The molecule has 15 heavy (non-hydrogen) atoms. The topological polar surface area (TPSA) is 21.3 Å². The average molecular weight is 211 g/mol. The fraction of sp³-hybridized carbons (Fsp3) is 0.846. The smallest absolute Gasteiger partial charge is 0.0843 e. The highest BCUT2D eigenvalue weighted by atomic mass is 16.5. The molecule has 0 aliphatic carbocycles. The molecule has 0 saturated carbocycles. The minimum atomic E-state index is 0.00639. The molecular weight excluding hydrogens is 186 g/mol. The van der Waals surface area contributed by atoms with E-state index in [1.165, 1.54) is 18.4 Å². The van der Waals surface area contributed by atoms with Gasteiger partial charge in [0, 0.05) is 6.61 Å². The predicted molar refractivity (Wildman–Crippen MR) is 65.1 cm³/mol. The molecule has 0 aromatic carbocycles. The maximum absolute atomic E-state index is 5.89. The second kappa shape index (κ2) is 5.66. The zero-order valence-corrected chi connectivity index (χ0v) is 10.6. The highest BCUT2D eigenvalue weighted by molar-refractivity contribution is 5.09. The van der Waals surface area contributed by atoms with Crippen LogP contribution in [-0.4, -0.2) is 24.8 Å². The van der Waals surface area contributed by atoms with Crippen LogP contribution in [0.4, 0.5) is 0 Å². The van der Waals surface area contributed by atoms with Crippen LogP contribution < -0.4 is 5.32 Å². The maximum atomic E-state index is 5.89. The zero-order chi connectivity index (χ0) is 11.3. The van der Waals surface area contributed by atoms with Crippen molar-refractivity contribution >= 4 is 0 Å². The number of hydrogen-bond donors (Lipinski definition) is 1. The largest absolute Gasteiger partial charge is 0.373 e. The Bertz CT molecular complexity index is 213. The first-order valence-electron chi connectivity index (χ1n) is 6.11. The molecule has 2 heteroatoms. The molecule has 0 bridgehead atoms. The minimum Gasteiger partial charge on any atom is -0.373 e. The summed E-state index contributed by atoms with van der Waals surface area (Å²) in [4.78, 5) is 0. The number of ether oxygens (including phenoxy) is 1. The molecule has 0 spiro atoms. The lowest BCUT2D eigenvalue weighted by Crippen LogP contribution is -2.47. The molecule has 0 radical (unpaired) electrons. The summed E-state index contributed by atoms with van der Waals surface area (Å²) in [7, 11) is 0. The van der Waals surface area contributed by atoms with Crippen molar-refractivity contribution in [3.05, 3.63) is 11.6 Å². The Balaban J connectivity index is 2.66. The van der Waals surface area contributed by atoms with Crippen LogP contribution in [-0.2, 0) is 4.74 Å². The van der Waals surface area contributed by atoms with E-state index in [2.05, 4.69) is 39.1 Å². The third-order valence-corrected chi connectivity index (χ3v) is 3.02. The lowest BCUT2D eigenvalue weighted by Gasteiger charge is -2.32. The van der Waals surface area contributed by atoms with Gasteiger partial charge in [-0.2, -0.15) is 0 Å². The van der Waals surface area contributed by atoms with Crippen molar-refractivity contribution in [2.75, 3.05) is 13.2 Å². The van der Waals surface area contributed by atoms with E-state index in [0.29, 0.717) is 6.04 Å². The molecule has 1 fully saturated rings. The second-order valence-corrected chi connectivity index (χ2v) is 4.94. The van der Waals surface area contributed by atoms with Crippen molar-refractivity contribution in [1.29, 1.82) is 0 Å². The Hall–Kier alpha value is -0.340. The van der Waals surface area contributed by atoms with Crippen molar-refractivity contribution in [3.63, 3.8) is 0 Å². The molecular formula is C13H25NO. The van der Waals surface area contributed by atoms with Crippen LogP contribution >= 0.6 is 0 Å². The third kappa shape index (κ3) is 3.62. The van der Waals surface area contributed by atoms with Crippen molar-refractivity contribution < 1.29 is 4.74 Å². The normalized spacial score (nSPS) is 27.7. The summed E-state index contributed by atoms with van der Waals surface area (Å²) in [6, 6.07) is 0.366. The molecule has 1 rings (SSSR count). The summed E-state index contributed by atoms with van der Waals surface area (Å²) in [5, 5.41) is 3.58. The molecule has 1 aliphatic rings. The summed E-state index contributed by atoms with van der Waals surface area (Å²) in [5.41, 5.74) is 1.37. The predicted octanol–water partition coefficient (Wildman–Crippen LogP) is 2.89. The van der Waals surface area contributed by atoms with Gasteiger partial charge in [-0.1, -0.05) is 18.6 Å². The summed E-state index contributed by atoms with van der Waals surface area (Å²) >= 11 is 0. The van der Waals surface area contributed by atoms with E-state index < -0.39 is 0 Å². The monoisotopic (exact) mass is 211 g/mol. The lowest BCUT2D eigenvalue weighted by atomic mass is 9.91. The van der Waals surface area contributed by atoms with Crippen LogP contribution in [0.15, 0.2) is 11.6 Å². The number of rotatable bonds is 5. The summed E-state index contributed by atoms with van der Waals surface area (Å²) < 4.78 is 5.89. The fourth-order valence-electron chi connectivity index (χ4n) is 2.13. The average Bonchev–Trinajstić information content (AvgIpc) is 2.60. The summed E-state index contributed by atoms with van der Waals surface area (Å²) in [6.45, 7) is 10.7. The van der Waals surface area contributed by atoms with Gasteiger partial charge in [0.15, 0.2) is 0 Å². The fourth-order valence-corrected chi connectivity index (χ4v) is 2.13. The van der Waals surface area contributed by atoms with Crippen LogP contribution in [0.1, 0.15) is 47.0 Å². The van der Waals surface area contributed by atoms with Gasteiger partial charge in [-0.25, -0.2) is 0 Å². The van der Waals surface area contributed by atoms with E-state index in [-0.39, 0.29) is 5.60 Å². The molecule has 1 aliphatic heterocycles. The Morgan fingerprint density at radius 2 is 2.27 bits per heavy atom. The minimum absolute atomic E-state index is 0.00639. The molecule has 1 heterocycles. The van der Waals surface area contributed by atoms with E-state index >= 15 is 0 Å². The molecule has 0 amide bonds. The molecule has 1 N–H and O–H groups in total. The van der Waals surface area contributed by atoms with Gasteiger partial charge in [0.25, 0.3) is 0 Å². The van der Waals surface area contributed by atoms with Crippen LogP contribution in [0.3, 0.4) is 0 Å². The van der Waals surface area contributed by atoms with Gasteiger partial charge in [-0.05, 0) is 46.6 Å². The van der Waals surface area contributed by atoms with Crippen LogP contribution in [0.2, 0.25) is 0 Å². The Morgan fingerprint density at radius 3 is 2.73 bits per heavy atom. The SMILES string of the molecule is CCCNC(C=C(C)C)C1(C)CCCO1. The highest BCUT2D eigenvalue weighted by Gasteiger charge is 2.36. The van der Waals surface area contributed by atoms with Crippen molar-refractivity contribution in [1.82, 2.24) is 5.32 Å². The van der Waals surface area contributed by atoms with Gasteiger partial charge < -0.3 is 10.1 Å². The molecule has 2 unspecified atom stereocenters. The first-order valence-corrected chi connectivity index (χ1v) is 6.11. The van der Waals surface area contributed by atoms with Crippen LogP contribution in [0, 0.1) is 0 Å². The van der Waals surface area contributed by atoms with E-state index in [4.69, 9.17) is 4.74 Å². The summed E-state index contributed by atoms with van der Waals surface area (Å²) in [6.07, 6.45) is 5.83. The number of allylic oxidation sites excluding steroid dienone is 1. The quantitative estimate of drug-likeness (QED) is 0.706. The van der Waals surface area contributed by atoms with Crippen LogP contribution in [0.25, 0.3) is 0 Å². The van der Waals surface area contributed by atoms with Gasteiger partial charge in [0.05, 0.1) is 11.6 Å². The van der Waals surface area contributed by atoms with Gasteiger partial charge in [0.2, 0.25) is 0 Å². The van der Waals surface area contributed by atoms with E-state index in [1.54, 1.807) is 0 Å². The maximum Gasteiger partial charge on any atom is 0.0843 e. The Labute approximate surface area is 94.1 Å². The summed E-state index contributed by atoms with van der Waals surface area (Å²) in [5.74, 6) is 0. The van der Waals surface area contributed by atoms with Crippen LogP contribution in [0.5, 0.6) is 0 Å². The zero-order valence-electron chi connectivity index (χ0n) is 10.6. The molecule has 88 valence electrons. The second-order valence-electron chi connectivity index (χ2n) is 4.94. The van der Waals surface area contributed by atoms with Crippen molar-refractivity contribution in [3.8, 4) is 0 Å². The van der Waals surface area contributed by atoms with E-state index in [9.17, 15) is 0 Å². The van der Waals surface area contributed by atoms with Crippen molar-refractivity contribution in [2.45, 2.75) is 58.6 Å². The molecule has 2 atom stereocenters.